The fraction of sp³-hybridized carbons (Fsp3) is 0.227. The largest absolute Gasteiger partial charge is 0.497 e. The highest BCUT2D eigenvalue weighted by Crippen LogP contribution is 2.33. The number of aryl methyl sites for hydroxylation is 1. The molecule has 29 heavy (non-hydrogen) atoms. The van der Waals surface area contributed by atoms with Crippen LogP contribution in [0.5, 0.6) is 17.2 Å². The Labute approximate surface area is 168 Å². The van der Waals surface area contributed by atoms with Crippen molar-refractivity contribution in [1.29, 1.82) is 0 Å². The maximum absolute atomic E-state index is 13.0. The van der Waals surface area contributed by atoms with E-state index in [4.69, 9.17) is 18.6 Å². The molecule has 150 valence electrons. The van der Waals surface area contributed by atoms with Crippen LogP contribution in [0, 0.1) is 6.92 Å². The van der Waals surface area contributed by atoms with E-state index in [0.29, 0.717) is 36.0 Å². The third-order valence-corrected chi connectivity index (χ3v) is 4.58. The van der Waals surface area contributed by atoms with Gasteiger partial charge >= 0.3 is 6.03 Å². The summed E-state index contributed by atoms with van der Waals surface area (Å²) in [6.45, 7) is 2.82. The van der Waals surface area contributed by atoms with E-state index in [2.05, 4.69) is 5.32 Å². The first kappa shape index (κ1) is 18.7. The van der Waals surface area contributed by atoms with Gasteiger partial charge in [0.05, 0.1) is 13.7 Å². The van der Waals surface area contributed by atoms with Gasteiger partial charge in [-0.1, -0.05) is 6.07 Å². The smallest absolute Gasteiger partial charge is 0.322 e. The quantitative estimate of drug-likeness (QED) is 0.664. The number of rotatable bonds is 6. The first-order valence-corrected chi connectivity index (χ1v) is 9.24. The van der Waals surface area contributed by atoms with Gasteiger partial charge in [-0.25, -0.2) is 4.79 Å². The topological polar surface area (TPSA) is 73.2 Å². The number of nitrogens with one attached hydrogen (secondary N) is 1. The van der Waals surface area contributed by atoms with Crippen molar-refractivity contribution in [3.63, 3.8) is 0 Å². The number of amides is 2. The lowest BCUT2D eigenvalue weighted by molar-refractivity contribution is 0.174. The molecule has 0 fully saturated rings. The van der Waals surface area contributed by atoms with Crippen LogP contribution in [0.15, 0.2) is 59.0 Å². The van der Waals surface area contributed by atoms with Gasteiger partial charge in [-0.3, -0.25) is 0 Å². The second kappa shape index (κ2) is 8.18. The number of carbonyl (C=O) groups excluding carboxylic acids is 1. The Morgan fingerprint density at radius 1 is 1.03 bits per heavy atom. The number of nitrogens with zero attached hydrogens (tertiary/aromatic N) is 1. The van der Waals surface area contributed by atoms with Crippen molar-refractivity contribution in [3.05, 3.63) is 71.7 Å². The van der Waals surface area contributed by atoms with Crippen molar-refractivity contribution in [2.45, 2.75) is 20.0 Å². The first-order valence-electron chi connectivity index (χ1n) is 9.24. The Kier molecular flexibility index (Phi) is 5.29. The van der Waals surface area contributed by atoms with E-state index in [-0.39, 0.29) is 12.8 Å². The van der Waals surface area contributed by atoms with Crippen LogP contribution in [0.2, 0.25) is 0 Å². The molecular weight excluding hydrogens is 372 g/mol. The number of methoxy groups -OCH3 is 1. The molecule has 0 atom stereocenters. The van der Waals surface area contributed by atoms with Gasteiger partial charge in [0.2, 0.25) is 6.79 Å². The average molecular weight is 394 g/mol. The zero-order valence-electron chi connectivity index (χ0n) is 16.3. The molecule has 0 aliphatic carbocycles. The van der Waals surface area contributed by atoms with Crippen LogP contribution in [-0.2, 0) is 13.1 Å². The number of benzene rings is 2. The van der Waals surface area contributed by atoms with Gasteiger partial charge in [0, 0.05) is 12.2 Å². The van der Waals surface area contributed by atoms with E-state index in [1.807, 2.05) is 37.3 Å². The third kappa shape index (κ3) is 4.45. The minimum absolute atomic E-state index is 0.214. The number of urea groups is 1. The van der Waals surface area contributed by atoms with Crippen molar-refractivity contribution in [2.24, 2.45) is 0 Å². The van der Waals surface area contributed by atoms with Gasteiger partial charge in [-0.2, -0.15) is 0 Å². The van der Waals surface area contributed by atoms with Gasteiger partial charge in [0.15, 0.2) is 11.5 Å². The van der Waals surface area contributed by atoms with Crippen molar-refractivity contribution < 1.29 is 23.4 Å². The molecule has 0 spiro atoms. The lowest BCUT2D eigenvalue weighted by Gasteiger charge is -2.22. The van der Waals surface area contributed by atoms with Crippen LogP contribution in [0.3, 0.4) is 0 Å². The van der Waals surface area contributed by atoms with E-state index >= 15 is 0 Å². The highest BCUT2D eigenvalue weighted by molar-refractivity contribution is 5.89. The first-order chi connectivity index (χ1) is 14.1. The van der Waals surface area contributed by atoms with E-state index in [9.17, 15) is 4.79 Å². The molecule has 7 nitrogen and oxygen atoms in total. The molecule has 4 rings (SSSR count). The lowest BCUT2D eigenvalue weighted by Crippen LogP contribution is -2.34. The normalized spacial score (nSPS) is 11.9. The molecule has 0 bridgehead atoms. The van der Waals surface area contributed by atoms with Crippen molar-refractivity contribution in [1.82, 2.24) is 4.90 Å². The molecule has 0 unspecified atom stereocenters. The molecule has 0 radical (unpaired) electrons. The standard InChI is InChI=1S/C22H22N2O5/c1-15-3-7-19(29-15)13-24(12-16-4-10-20-21(11-16)28-14-27-20)22(25)23-17-5-8-18(26-2)9-6-17/h3-11H,12-14H2,1-2H3,(H,23,25). The summed E-state index contributed by atoms with van der Waals surface area (Å²) in [6.07, 6.45) is 0. The van der Waals surface area contributed by atoms with Crippen LogP contribution in [-0.4, -0.2) is 24.8 Å². The number of hydrogen-bond acceptors (Lipinski definition) is 5. The summed E-state index contributed by atoms with van der Waals surface area (Å²) >= 11 is 0. The lowest BCUT2D eigenvalue weighted by atomic mass is 10.2. The second-order valence-electron chi connectivity index (χ2n) is 6.71. The highest BCUT2D eigenvalue weighted by Gasteiger charge is 2.19. The minimum atomic E-state index is -0.234. The highest BCUT2D eigenvalue weighted by atomic mass is 16.7. The summed E-state index contributed by atoms with van der Waals surface area (Å²) in [6, 6.07) is 16.4. The van der Waals surface area contributed by atoms with Gasteiger partial charge in [-0.15, -0.1) is 0 Å². The fourth-order valence-electron chi connectivity index (χ4n) is 3.09. The monoisotopic (exact) mass is 394 g/mol. The van der Waals surface area contributed by atoms with Crippen LogP contribution < -0.4 is 19.5 Å². The molecule has 7 heteroatoms. The van der Waals surface area contributed by atoms with E-state index in [0.717, 1.165) is 17.1 Å². The SMILES string of the molecule is COc1ccc(NC(=O)N(Cc2ccc3c(c2)OCO3)Cc2ccc(C)o2)cc1. The second-order valence-corrected chi connectivity index (χ2v) is 6.71. The predicted octanol–water partition coefficient (Wildman–Crippen LogP) is 4.56. The van der Waals surface area contributed by atoms with Gasteiger partial charge in [0.25, 0.3) is 0 Å². The van der Waals surface area contributed by atoms with Crippen molar-refractivity contribution >= 4 is 11.7 Å². The molecule has 1 aliphatic heterocycles. The molecule has 3 aromatic rings. The minimum Gasteiger partial charge on any atom is -0.497 e. The molecule has 0 saturated heterocycles. The Morgan fingerprint density at radius 2 is 1.83 bits per heavy atom. The van der Waals surface area contributed by atoms with Crippen molar-refractivity contribution in [2.75, 3.05) is 19.2 Å². The molecule has 1 aromatic heterocycles. The molecule has 2 aromatic carbocycles. The summed E-state index contributed by atoms with van der Waals surface area (Å²) in [5, 5.41) is 2.93. The summed E-state index contributed by atoms with van der Waals surface area (Å²) in [7, 11) is 1.60. The van der Waals surface area contributed by atoms with Gasteiger partial charge in [-0.05, 0) is 61.0 Å². The van der Waals surface area contributed by atoms with Crippen LogP contribution in [0.25, 0.3) is 0 Å². The van der Waals surface area contributed by atoms with Gasteiger partial charge < -0.3 is 28.8 Å². The van der Waals surface area contributed by atoms with Gasteiger partial charge in [0.1, 0.15) is 17.3 Å². The molecule has 1 N–H and O–H groups in total. The summed E-state index contributed by atoms with van der Waals surface area (Å²) in [5.41, 5.74) is 1.62. The van der Waals surface area contributed by atoms with Crippen LogP contribution in [0.1, 0.15) is 17.1 Å². The predicted molar refractivity (Wildman–Crippen MR) is 107 cm³/mol. The molecular formula is C22H22N2O5. The number of carbonyl (C=O) groups is 1. The van der Waals surface area contributed by atoms with Crippen LogP contribution >= 0.6 is 0 Å². The number of hydrogen-bond donors (Lipinski definition) is 1. The van der Waals surface area contributed by atoms with E-state index in [1.165, 1.54) is 0 Å². The zero-order chi connectivity index (χ0) is 20.2. The molecule has 2 amide bonds. The maximum Gasteiger partial charge on any atom is 0.322 e. The maximum atomic E-state index is 13.0. The summed E-state index contributed by atoms with van der Waals surface area (Å²) < 4.78 is 21.6. The zero-order valence-corrected chi connectivity index (χ0v) is 16.3. The number of ether oxygens (including phenoxy) is 3. The molecule has 0 saturated carbocycles. The number of furan rings is 1. The molecule has 1 aliphatic rings. The van der Waals surface area contributed by atoms with Crippen LogP contribution in [0.4, 0.5) is 10.5 Å². The Balaban J connectivity index is 1.52. The van der Waals surface area contributed by atoms with E-state index in [1.54, 1.807) is 36.3 Å². The Morgan fingerprint density at radius 3 is 2.55 bits per heavy atom. The van der Waals surface area contributed by atoms with E-state index < -0.39 is 0 Å². The summed E-state index contributed by atoms with van der Waals surface area (Å²) in [5.74, 6) is 3.65. The fourth-order valence-corrected chi connectivity index (χ4v) is 3.09. The number of anilines is 1. The average Bonchev–Trinajstić information content (AvgIpc) is 3.36. The molecule has 2 heterocycles. The Bertz CT molecular complexity index is 997. The summed E-state index contributed by atoms with van der Waals surface area (Å²) in [4.78, 5) is 14.7. The number of fused-ring (bicyclic) bond motifs is 1. The Hall–Kier alpha value is -3.61. The van der Waals surface area contributed by atoms with Crippen molar-refractivity contribution in [3.8, 4) is 17.2 Å². The third-order valence-electron chi connectivity index (χ3n) is 4.58.